The summed E-state index contributed by atoms with van der Waals surface area (Å²) in [7, 11) is -4.28. The lowest BCUT2D eigenvalue weighted by molar-refractivity contribution is -0.202. The lowest BCUT2D eigenvalue weighted by Gasteiger charge is -2.40. The number of benzene rings is 3. The standard InChI is InChI=1S/C36H41N5O7S/c1-35(2,3)47-34(43)40-22-20-36(21-23-40,33(42)38-48-32-11-7-8-24-46-32)49(44,45)30-18-16-29(17-19-30)41-25-31(37-39-41)28-14-12-27(13-15-28)26-9-5-4-6-10-26/h4-6,9-10,12-19,25,32H,7-8,11,20-24H2,1-3H3,(H,38,42). The van der Waals surface area contributed by atoms with Crippen LogP contribution in [0.1, 0.15) is 52.9 Å². The third kappa shape index (κ3) is 7.53. The summed E-state index contributed by atoms with van der Waals surface area (Å²) < 4.78 is 39.4. The van der Waals surface area contributed by atoms with Gasteiger partial charge in [-0.3, -0.25) is 4.79 Å². The minimum Gasteiger partial charge on any atom is -0.444 e. The molecule has 2 aliphatic heterocycles. The average molecular weight is 688 g/mol. The van der Waals surface area contributed by atoms with Gasteiger partial charge in [0.25, 0.3) is 5.91 Å². The second kappa shape index (κ2) is 14.1. The van der Waals surface area contributed by atoms with Crippen molar-refractivity contribution in [3.05, 3.63) is 85.1 Å². The number of hydrogen-bond acceptors (Lipinski definition) is 9. The van der Waals surface area contributed by atoms with Crippen LogP contribution in [0.4, 0.5) is 4.79 Å². The molecule has 2 saturated heterocycles. The fraction of sp³-hybridized carbons (Fsp3) is 0.389. The highest BCUT2D eigenvalue weighted by molar-refractivity contribution is 7.93. The Morgan fingerprint density at radius 2 is 1.55 bits per heavy atom. The molecule has 3 aromatic carbocycles. The molecule has 1 atom stereocenters. The summed E-state index contributed by atoms with van der Waals surface area (Å²) in [4.78, 5) is 33.5. The van der Waals surface area contributed by atoms with Gasteiger partial charge in [0.2, 0.25) is 0 Å². The molecule has 4 aromatic rings. The van der Waals surface area contributed by atoms with Crippen LogP contribution in [0, 0.1) is 0 Å². The van der Waals surface area contributed by atoms with Crippen LogP contribution in [0.3, 0.4) is 0 Å². The summed E-state index contributed by atoms with van der Waals surface area (Å²) >= 11 is 0. The molecule has 258 valence electrons. The van der Waals surface area contributed by atoms with Crippen LogP contribution < -0.4 is 5.48 Å². The van der Waals surface area contributed by atoms with E-state index in [1.165, 1.54) is 17.0 Å². The van der Waals surface area contributed by atoms with E-state index in [1.54, 1.807) is 43.8 Å². The number of rotatable bonds is 8. The number of nitrogens with one attached hydrogen (secondary N) is 1. The number of hydroxylamine groups is 1. The Morgan fingerprint density at radius 3 is 2.18 bits per heavy atom. The van der Waals surface area contributed by atoms with E-state index in [1.807, 2.05) is 42.5 Å². The lowest BCUT2D eigenvalue weighted by atomic mass is 9.95. The van der Waals surface area contributed by atoms with Crippen LogP contribution in [0.25, 0.3) is 28.1 Å². The number of aromatic nitrogens is 3. The zero-order valence-electron chi connectivity index (χ0n) is 27.9. The minimum atomic E-state index is -4.28. The van der Waals surface area contributed by atoms with E-state index in [0.29, 0.717) is 24.4 Å². The summed E-state index contributed by atoms with van der Waals surface area (Å²) in [5, 5.41) is 8.58. The maximum absolute atomic E-state index is 14.4. The average Bonchev–Trinajstić information content (AvgIpc) is 3.61. The molecule has 13 heteroatoms. The molecule has 1 aromatic heterocycles. The van der Waals surface area contributed by atoms with Gasteiger partial charge in [0.1, 0.15) is 11.3 Å². The molecule has 1 N–H and O–H groups in total. The quantitative estimate of drug-likeness (QED) is 0.230. The number of carbonyl (C=O) groups is 2. The fourth-order valence-electron chi connectivity index (χ4n) is 6.00. The normalized spacial score (nSPS) is 18.1. The molecule has 3 heterocycles. The molecule has 0 spiro atoms. The number of nitrogens with zero attached hydrogens (tertiary/aromatic N) is 4. The van der Waals surface area contributed by atoms with Crippen molar-refractivity contribution in [2.75, 3.05) is 19.7 Å². The topological polar surface area (TPSA) is 142 Å². The second-order valence-electron chi connectivity index (χ2n) is 13.3. The number of ether oxygens (including phenoxy) is 2. The SMILES string of the molecule is CC(C)(C)OC(=O)N1CCC(C(=O)NOC2CCCCO2)(S(=O)(=O)c2ccc(-n3cc(-c4ccc(-c5ccccc5)cc4)nn3)cc2)CC1. The van der Waals surface area contributed by atoms with E-state index in [9.17, 15) is 18.0 Å². The molecule has 2 fully saturated rings. The number of hydrogen-bond donors (Lipinski definition) is 1. The third-order valence-corrected chi connectivity index (χ3v) is 11.3. The van der Waals surface area contributed by atoms with E-state index in [4.69, 9.17) is 14.3 Å². The van der Waals surface area contributed by atoms with Gasteiger partial charge >= 0.3 is 6.09 Å². The molecule has 12 nitrogen and oxygen atoms in total. The van der Waals surface area contributed by atoms with Crippen molar-refractivity contribution in [3.8, 4) is 28.1 Å². The number of carbonyl (C=O) groups excluding carboxylic acids is 2. The first kappa shape index (κ1) is 34.3. The van der Waals surface area contributed by atoms with Crippen LogP contribution in [0.5, 0.6) is 0 Å². The third-order valence-electron chi connectivity index (χ3n) is 8.76. The van der Waals surface area contributed by atoms with Crippen LogP contribution >= 0.6 is 0 Å². The van der Waals surface area contributed by atoms with Gasteiger partial charge in [-0.05, 0) is 81.8 Å². The predicted molar refractivity (Wildman–Crippen MR) is 182 cm³/mol. The van der Waals surface area contributed by atoms with Crippen molar-refractivity contribution >= 4 is 21.8 Å². The number of sulfone groups is 1. The van der Waals surface area contributed by atoms with Crippen molar-refractivity contribution in [3.63, 3.8) is 0 Å². The van der Waals surface area contributed by atoms with Gasteiger partial charge in [-0.1, -0.05) is 59.8 Å². The molecule has 0 bridgehead atoms. The maximum atomic E-state index is 14.4. The monoisotopic (exact) mass is 687 g/mol. The van der Waals surface area contributed by atoms with Crippen LogP contribution in [-0.2, 0) is 28.9 Å². The number of amides is 2. The van der Waals surface area contributed by atoms with Gasteiger partial charge < -0.3 is 14.4 Å². The summed E-state index contributed by atoms with van der Waals surface area (Å²) in [5.41, 5.74) is 6.01. The Hall–Kier alpha value is -4.59. The van der Waals surface area contributed by atoms with Crippen molar-refractivity contribution in [1.82, 2.24) is 25.4 Å². The molecule has 1 unspecified atom stereocenters. The van der Waals surface area contributed by atoms with E-state index in [-0.39, 0.29) is 30.8 Å². The molecule has 0 radical (unpaired) electrons. The van der Waals surface area contributed by atoms with Gasteiger partial charge in [0.15, 0.2) is 20.9 Å². The highest BCUT2D eigenvalue weighted by atomic mass is 32.2. The largest absolute Gasteiger partial charge is 0.444 e. The first-order valence-electron chi connectivity index (χ1n) is 16.4. The maximum Gasteiger partial charge on any atom is 0.410 e. The van der Waals surface area contributed by atoms with Crippen molar-refractivity contribution in [1.29, 1.82) is 0 Å². The first-order valence-corrected chi connectivity index (χ1v) is 17.9. The zero-order chi connectivity index (χ0) is 34.6. The molecule has 6 rings (SSSR count). The minimum absolute atomic E-state index is 0.00758. The Balaban J connectivity index is 1.21. The van der Waals surface area contributed by atoms with Gasteiger partial charge in [-0.25, -0.2) is 28.2 Å². The number of piperidine rings is 1. The Kier molecular flexibility index (Phi) is 9.87. The summed E-state index contributed by atoms with van der Waals surface area (Å²) in [6.45, 7) is 5.79. The predicted octanol–water partition coefficient (Wildman–Crippen LogP) is 5.72. The van der Waals surface area contributed by atoms with E-state index in [2.05, 4.69) is 27.9 Å². The van der Waals surface area contributed by atoms with Gasteiger partial charge in [-0.2, -0.15) is 0 Å². The molecule has 0 aliphatic carbocycles. The van der Waals surface area contributed by atoms with Crippen LogP contribution in [-0.4, -0.2) is 76.6 Å². The van der Waals surface area contributed by atoms with Crippen molar-refractivity contribution in [2.24, 2.45) is 0 Å². The van der Waals surface area contributed by atoms with Gasteiger partial charge in [-0.15, -0.1) is 5.10 Å². The highest BCUT2D eigenvalue weighted by Gasteiger charge is 2.54. The van der Waals surface area contributed by atoms with Gasteiger partial charge in [0, 0.05) is 31.7 Å². The summed E-state index contributed by atoms with van der Waals surface area (Å²) in [5.74, 6) is -0.797. The van der Waals surface area contributed by atoms with Crippen LogP contribution in [0.15, 0.2) is 90.0 Å². The van der Waals surface area contributed by atoms with E-state index >= 15 is 0 Å². The molecule has 2 amide bonds. The fourth-order valence-corrected chi connectivity index (χ4v) is 7.95. The summed E-state index contributed by atoms with van der Waals surface area (Å²) in [6.07, 6.45) is 2.60. The first-order chi connectivity index (χ1) is 23.4. The Labute approximate surface area is 286 Å². The molecule has 2 aliphatic rings. The van der Waals surface area contributed by atoms with E-state index < -0.39 is 38.5 Å². The number of likely N-dealkylation sites (tertiary alicyclic amines) is 1. The molecular formula is C36H41N5O7S. The Morgan fingerprint density at radius 1 is 0.898 bits per heavy atom. The highest BCUT2D eigenvalue weighted by Crippen LogP contribution is 2.37. The van der Waals surface area contributed by atoms with Crippen molar-refractivity contribution < 1.29 is 32.3 Å². The summed E-state index contributed by atoms with van der Waals surface area (Å²) in [6, 6.07) is 24.3. The van der Waals surface area contributed by atoms with E-state index in [0.717, 1.165) is 29.5 Å². The zero-order valence-corrected chi connectivity index (χ0v) is 28.7. The Bertz CT molecular complexity index is 1860. The molecule has 0 saturated carbocycles. The van der Waals surface area contributed by atoms with Crippen molar-refractivity contribution in [2.45, 2.75) is 74.4 Å². The molecular weight excluding hydrogens is 646 g/mol. The second-order valence-corrected chi connectivity index (χ2v) is 15.6. The lowest BCUT2D eigenvalue weighted by Crippen LogP contribution is -2.59. The van der Waals surface area contributed by atoms with Crippen LogP contribution in [0.2, 0.25) is 0 Å². The smallest absolute Gasteiger partial charge is 0.410 e. The van der Waals surface area contributed by atoms with Gasteiger partial charge in [0.05, 0.1) is 16.8 Å². The molecule has 49 heavy (non-hydrogen) atoms.